The maximum absolute atomic E-state index is 12.0. The lowest BCUT2D eigenvalue weighted by molar-refractivity contribution is 0.0465. The minimum absolute atomic E-state index is 0.251. The zero-order chi connectivity index (χ0) is 14.3. The molecule has 0 bridgehead atoms. The average molecular weight is 376 g/mol. The zero-order valence-electron chi connectivity index (χ0n) is 11.7. The van der Waals surface area contributed by atoms with Gasteiger partial charge in [0.15, 0.2) is 0 Å². The molecule has 19 heavy (non-hydrogen) atoms. The van der Waals surface area contributed by atoms with Crippen molar-refractivity contribution in [3.63, 3.8) is 0 Å². The van der Waals surface area contributed by atoms with Crippen LogP contribution in [0.3, 0.4) is 0 Å². The fourth-order valence-corrected chi connectivity index (χ4v) is 2.46. The standard InChI is InChI=1S/C14H21IN2O2/c1-4-17(5-2)8-9-19-14(18)12-7-6-11(16-3)10-13(12)15/h6-7,10,16H,4-5,8-9H2,1-3H3. The first-order chi connectivity index (χ1) is 9.12. The third kappa shape index (κ3) is 4.99. The predicted octanol–water partition coefficient (Wildman–Crippen LogP) is 2.83. The number of likely N-dealkylation sites (N-methyl/N-ethyl adjacent to an activating group) is 1. The Kier molecular flexibility index (Phi) is 7.15. The van der Waals surface area contributed by atoms with Crippen LogP contribution < -0.4 is 5.32 Å². The number of nitrogens with one attached hydrogen (secondary N) is 1. The van der Waals surface area contributed by atoms with Crippen LogP contribution in [0, 0.1) is 3.57 Å². The van der Waals surface area contributed by atoms with Crippen molar-refractivity contribution < 1.29 is 9.53 Å². The number of nitrogens with zero attached hydrogens (tertiary/aromatic N) is 1. The van der Waals surface area contributed by atoms with Crippen LogP contribution in [-0.4, -0.2) is 44.2 Å². The summed E-state index contributed by atoms with van der Waals surface area (Å²) in [7, 11) is 1.85. The summed E-state index contributed by atoms with van der Waals surface area (Å²) < 4.78 is 6.21. The molecule has 0 amide bonds. The molecular weight excluding hydrogens is 355 g/mol. The van der Waals surface area contributed by atoms with Crippen LogP contribution in [0.1, 0.15) is 24.2 Å². The Morgan fingerprint density at radius 1 is 1.37 bits per heavy atom. The molecule has 5 heteroatoms. The first-order valence-corrected chi connectivity index (χ1v) is 7.57. The number of halogens is 1. The highest BCUT2D eigenvalue weighted by atomic mass is 127. The molecule has 0 aliphatic heterocycles. The maximum Gasteiger partial charge on any atom is 0.339 e. The Morgan fingerprint density at radius 3 is 2.58 bits per heavy atom. The summed E-state index contributed by atoms with van der Waals surface area (Å²) in [6.07, 6.45) is 0. The quantitative estimate of drug-likeness (QED) is 0.587. The summed E-state index contributed by atoms with van der Waals surface area (Å²) >= 11 is 2.15. The van der Waals surface area contributed by atoms with E-state index in [0.29, 0.717) is 12.2 Å². The van der Waals surface area contributed by atoms with Crippen molar-refractivity contribution in [1.29, 1.82) is 0 Å². The Hall–Kier alpha value is -0.820. The first kappa shape index (κ1) is 16.2. The van der Waals surface area contributed by atoms with Gasteiger partial charge in [0.05, 0.1) is 5.56 Å². The highest BCUT2D eigenvalue weighted by molar-refractivity contribution is 14.1. The van der Waals surface area contributed by atoms with Crippen LogP contribution in [-0.2, 0) is 4.74 Å². The van der Waals surface area contributed by atoms with E-state index in [0.717, 1.165) is 28.9 Å². The van der Waals surface area contributed by atoms with Gasteiger partial charge in [0, 0.05) is 22.8 Å². The van der Waals surface area contributed by atoms with Gasteiger partial charge < -0.3 is 15.0 Å². The minimum atomic E-state index is -0.251. The van der Waals surface area contributed by atoms with Gasteiger partial charge in [-0.3, -0.25) is 0 Å². The van der Waals surface area contributed by atoms with E-state index in [4.69, 9.17) is 4.74 Å². The van der Waals surface area contributed by atoms with E-state index >= 15 is 0 Å². The van der Waals surface area contributed by atoms with Crippen molar-refractivity contribution in [3.05, 3.63) is 27.3 Å². The summed E-state index contributed by atoms with van der Waals surface area (Å²) in [5.41, 5.74) is 1.61. The van der Waals surface area contributed by atoms with Crippen LogP contribution in [0.5, 0.6) is 0 Å². The van der Waals surface area contributed by atoms with Gasteiger partial charge >= 0.3 is 5.97 Å². The first-order valence-electron chi connectivity index (χ1n) is 6.49. The molecule has 0 fully saturated rings. The van der Waals surface area contributed by atoms with Crippen LogP contribution >= 0.6 is 22.6 Å². The molecular formula is C14H21IN2O2. The SMILES string of the molecule is CCN(CC)CCOC(=O)c1ccc(NC)cc1I. The Morgan fingerprint density at radius 2 is 2.05 bits per heavy atom. The lowest BCUT2D eigenvalue weighted by Gasteiger charge is -2.17. The number of ether oxygens (including phenoxy) is 1. The molecule has 0 spiro atoms. The molecule has 1 aromatic rings. The molecule has 0 saturated carbocycles. The number of hydrogen-bond acceptors (Lipinski definition) is 4. The van der Waals surface area contributed by atoms with Gasteiger partial charge in [-0.2, -0.15) is 0 Å². The van der Waals surface area contributed by atoms with Gasteiger partial charge in [-0.05, 0) is 53.9 Å². The largest absolute Gasteiger partial charge is 0.461 e. The monoisotopic (exact) mass is 376 g/mol. The lowest BCUT2D eigenvalue weighted by Crippen LogP contribution is -2.28. The molecule has 0 aliphatic rings. The fourth-order valence-electron chi connectivity index (χ4n) is 1.72. The number of esters is 1. The van der Waals surface area contributed by atoms with Crippen molar-refractivity contribution in [2.45, 2.75) is 13.8 Å². The van der Waals surface area contributed by atoms with E-state index < -0.39 is 0 Å². The van der Waals surface area contributed by atoms with Gasteiger partial charge in [-0.25, -0.2) is 4.79 Å². The molecule has 0 radical (unpaired) electrons. The second kappa shape index (κ2) is 8.37. The fraction of sp³-hybridized carbons (Fsp3) is 0.500. The molecule has 0 saturated heterocycles. The molecule has 0 aromatic heterocycles. The third-order valence-electron chi connectivity index (χ3n) is 3.01. The molecule has 1 aromatic carbocycles. The van der Waals surface area contributed by atoms with Crippen LogP contribution in [0.15, 0.2) is 18.2 Å². The van der Waals surface area contributed by atoms with E-state index in [1.807, 2.05) is 19.2 Å². The summed E-state index contributed by atoms with van der Waals surface area (Å²) in [4.78, 5) is 14.2. The number of rotatable bonds is 7. The number of carbonyl (C=O) groups excluding carboxylic acids is 1. The molecule has 4 nitrogen and oxygen atoms in total. The number of benzene rings is 1. The smallest absolute Gasteiger partial charge is 0.339 e. The number of carbonyl (C=O) groups is 1. The van der Waals surface area contributed by atoms with Crippen molar-refractivity contribution in [2.24, 2.45) is 0 Å². The normalized spacial score (nSPS) is 10.6. The second-order valence-corrected chi connectivity index (χ2v) is 5.27. The third-order valence-corrected chi connectivity index (χ3v) is 3.91. The zero-order valence-corrected chi connectivity index (χ0v) is 13.9. The average Bonchev–Trinajstić information content (AvgIpc) is 2.43. The topological polar surface area (TPSA) is 41.6 Å². The summed E-state index contributed by atoms with van der Waals surface area (Å²) in [6, 6.07) is 5.61. The van der Waals surface area contributed by atoms with Gasteiger partial charge in [0.1, 0.15) is 6.61 Å². The summed E-state index contributed by atoms with van der Waals surface area (Å²) in [6.45, 7) is 7.37. The second-order valence-electron chi connectivity index (χ2n) is 4.11. The molecule has 0 aliphatic carbocycles. The molecule has 0 atom stereocenters. The van der Waals surface area contributed by atoms with E-state index in [-0.39, 0.29) is 5.97 Å². The van der Waals surface area contributed by atoms with Gasteiger partial charge in [-0.15, -0.1) is 0 Å². The Labute approximate surface area is 128 Å². The van der Waals surface area contributed by atoms with E-state index in [9.17, 15) is 4.79 Å². The van der Waals surface area contributed by atoms with Crippen LogP contribution in [0.25, 0.3) is 0 Å². The number of hydrogen-bond donors (Lipinski definition) is 1. The van der Waals surface area contributed by atoms with Crippen LogP contribution in [0.4, 0.5) is 5.69 Å². The van der Waals surface area contributed by atoms with Crippen molar-refractivity contribution in [1.82, 2.24) is 4.90 Å². The number of anilines is 1. The molecule has 1 rings (SSSR count). The molecule has 106 valence electrons. The maximum atomic E-state index is 12.0. The predicted molar refractivity (Wildman–Crippen MR) is 86.8 cm³/mol. The summed E-state index contributed by atoms with van der Waals surface area (Å²) in [5.74, 6) is -0.251. The molecule has 0 unspecified atom stereocenters. The van der Waals surface area contributed by atoms with E-state index in [2.05, 4.69) is 46.7 Å². The van der Waals surface area contributed by atoms with Crippen molar-refractivity contribution in [2.75, 3.05) is 38.6 Å². The summed E-state index contributed by atoms with van der Waals surface area (Å²) in [5, 5.41) is 3.04. The van der Waals surface area contributed by atoms with Crippen LogP contribution in [0.2, 0.25) is 0 Å². The Balaban J connectivity index is 2.54. The molecule has 0 heterocycles. The van der Waals surface area contributed by atoms with Gasteiger partial charge in [0.25, 0.3) is 0 Å². The minimum Gasteiger partial charge on any atom is -0.461 e. The van der Waals surface area contributed by atoms with Crippen molar-refractivity contribution >= 4 is 34.2 Å². The van der Waals surface area contributed by atoms with Crippen molar-refractivity contribution in [3.8, 4) is 0 Å². The van der Waals surface area contributed by atoms with Gasteiger partial charge in [-0.1, -0.05) is 13.8 Å². The van der Waals surface area contributed by atoms with E-state index in [1.165, 1.54) is 0 Å². The molecule has 1 N–H and O–H groups in total. The Bertz CT molecular complexity index is 420. The van der Waals surface area contributed by atoms with Gasteiger partial charge in [0.2, 0.25) is 0 Å². The highest BCUT2D eigenvalue weighted by Gasteiger charge is 2.12. The lowest BCUT2D eigenvalue weighted by atomic mass is 10.2. The van der Waals surface area contributed by atoms with E-state index in [1.54, 1.807) is 6.07 Å². The highest BCUT2D eigenvalue weighted by Crippen LogP contribution is 2.18.